The average molecular weight is 252 g/mol. The molecule has 0 atom stereocenters. The van der Waals surface area contributed by atoms with Crippen LogP contribution in [0, 0.1) is 0 Å². The van der Waals surface area contributed by atoms with Crippen LogP contribution in [0.2, 0.25) is 0 Å². The van der Waals surface area contributed by atoms with Crippen LogP contribution in [0.3, 0.4) is 0 Å². The zero-order chi connectivity index (χ0) is 13.9. The van der Waals surface area contributed by atoms with Crippen molar-refractivity contribution in [1.82, 2.24) is 0 Å². The number of carboxylic acid groups (broad SMARTS) is 2. The van der Waals surface area contributed by atoms with E-state index >= 15 is 0 Å². The molecule has 0 saturated heterocycles. The Morgan fingerprint density at radius 2 is 0.941 bits per heavy atom. The molecule has 17 heavy (non-hydrogen) atoms. The van der Waals surface area contributed by atoms with Crippen molar-refractivity contribution < 1.29 is 72.1 Å². The van der Waals surface area contributed by atoms with E-state index < -0.39 is 31.3 Å². The summed E-state index contributed by atoms with van der Waals surface area (Å²) in [7, 11) is -2.42. The van der Waals surface area contributed by atoms with Gasteiger partial charge >= 0.3 is 50.2 Å². The van der Waals surface area contributed by atoms with Crippen molar-refractivity contribution in [2.75, 3.05) is 0 Å². The van der Waals surface area contributed by atoms with Gasteiger partial charge in [0.2, 0.25) is 0 Å². The third-order valence-corrected chi connectivity index (χ3v) is 0.336. The molecule has 0 saturated carbocycles. The second kappa shape index (κ2) is 14.7. The summed E-state index contributed by atoms with van der Waals surface area (Å²) in [5, 5.41) is 37.3. The van der Waals surface area contributed by atoms with Crippen molar-refractivity contribution >= 4 is 31.3 Å². The monoisotopic (exact) mass is 252 g/mol. The van der Waals surface area contributed by atoms with Crippen molar-refractivity contribution in [3.05, 3.63) is 0 Å². The Morgan fingerprint density at radius 1 is 0.882 bits per heavy atom. The maximum atomic E-state index is 10.6. The fourth-order valence-electron chi connectivity index (χ4n) is 0. The number of halogens is 2. The minimum absolute atomic E-state index is 0. The molecule has 0 rings (SSSR count). The third kappa shape index (κ3) is 52.9. The zero-order valence-electron chi connectivity index (χ0n) is 8.16. The fourth-order valence-corrected chi connectivity index (χ4v) is 0. The van der Waals surface area contributed by atoms with Gasteiger partial charge in [-0.25, -0.2) is 19.2 Å². The van der Waals surface area contributed by atoms with Crippen LogP contribution in [0.15, 0.2) is 0 Å². The molecule has 0 amide bonds. The van der Waals surface area contributed by atoms with E-state index in [1.54, 1.807) is 0 Å². The first-order valence-corrected chi connectivity index (χ1v) is 2.89. The van der Waals surface area contributed by atoms with Crippen LogP contribution in [0.5, 0.6) is 0 Å². The van der Waals surface area contributed by atoms with Gasteiger partial charge in [-0.2, -0.15) is 8.78 Å². The van der Waals surface area contributed by atoms with Gasteiger partial charge in [-0.1, -0.05) is 0 Å². The van der Waals surface area contributed by atoms with Crippen molar-refractivity contribution in [1.29, 1.82) is 0 Å². The van der Waals surface area contributed by atoms with E-state index in [0.717, 1.165) is 0 Å². The first kappa shape index (κ1) is 24.8. The molecule has 0 bridgehead atoms. The Morgan fingerprint density at radius 3 is 0.941 bits per heavy atom. The number of rotatable bonds is 2. The molecule has 0 fully saturated rings. The normalized spacial score (nSPS) is 6.88. The van der Waals surface area contributed by atoms with Crippen molar-refractivity contribution in [2.45, 2.75) is 0 Å². The molecule has 0 aliphatic rings. The van der Waals surface area contributed by atoms with Crippen LogP contribution in [-0.2, 0) is 19.2 Å². The van der Waals surface area contributed by atoms with Gasteiger partial charge in [-0.15, -0.1) is 0 Å². The summed E-state index contributed by atoms with van der Waals surface area (Å²) in [6.07, 6.45) is 0. The minimum Gasteiger partial charge on any atom is -0.832 e. The molecule has 0 aromatic carbocycles. The van der Waals surface area contributed by atoms with Crippen LogP contribution in [0.25, 0.3) is 0 Å². The summed E-state index contributed by atoms with van der Waals surface area (Å²) < 4.78 is 21.2. The van der Waals surface area contributed by atoms with Crippen LogP contribution >= 0.6 is 0 Å². The predicted molar refractivity (Wildman–Crippen MR) is 37.7 cm³/mol. The second-order valence-electron chi connectivity index (χ2n) is 1.48. The number of hydrogen-bond acceptors (Lipinski definition) is 7. The number of aliphatic carboxylic acids is 2. The predicted octanol–water partition coefficient (Wildman–Crippen LogP) is -6.55. The largest absolute Gasteiger partial charge is 1.00 e. The average Bonchev–Trinajstić information content (AvgIpc) is 2.03. The summed E-state index contributed by atoms with van der Waals surface area (Å²) in [6.45, 7) is 0. The maximum Gasteiger partial charge on any atom is 1.00 e. The molecule has 92 valence electrons. The SMILES string of the molecule is O=C(O)C(=O)F.O=C(O)C(=O)F.[Li+].[O-]B(O)O. The van der Waals surface area contributed by atoms with E-state index in [1.807, 2.05) is 0 Å². The van der Waals surface area contributed by atoms with Crippen molar-refractivity contribution in [3.63, 3.8) is 0 Å². The van der Waals surface area contributed by atoms with Gasteiger partial charge in [0.15, 0.2) is 0 Å². The van der Waals surface area contributed by atoms with Gasteiger partial charge in [0.05, 0.1) is 0 Å². The van der Waals surface area contributed by atoms with E-state index in [2.05, 4.69) is 0 Å². The molecule has 0 aromatic rings. The molecule has 13 heteroatoms. The van der Waals surface area contributed by atoms with E-state index in [1.165, 1.54) is 0 Å². The van der Waals surface area contributed by atoms with Gasteiger partial charge in [0.1, 0.15) is 0 Å². The second-order valence-corrected chi connectivity index (χ2v) is 1.48. The molecule has 0 aliphatic heterocycles. The molecule has 0 unspecified atom stereocenters. The summed E-state index contributed by atoms with van der Waals surface area (Å²) in [5.41, 5.74) is 0. The molecule has 0 aromatic heterocycles. The first-order chi connectivity index (χ1) is 7.02. The fraction of sp³-hybridized carbons (Fsp3) is 0. The molecule has 0 heterocycles. The smallest absolute Gasteiger partial charge is 0.832 e. The summed E-state index contributed by atoms with van der Waals surface area (Å²) in [4.78, 5) is 35.7. The van der Waals surface area contributed by atoms with Crippen molar-refractivity contribution in [3.8, 4) is 0 Å². The molecule has 0 spiro atoms. The molecule has 0 aliphatic carbocycles. The first-order valence-electron chi connectivity index (χ1n) is 2.89. The van der Waals surface area contributed by atoms with Gasteiger partial charge in [0.25, 0.3) is 0 Å². The van der Waals surface area contributed by atoms with E-state index in [-0.39, 0.29) is 18.9 Å². The Bertz CT molecular complexity index is 219. The number of carboxylic acids is 2. The molecule has 0 radical (unpaired) electrons. The minimum atomic E-state index is -2.42. The third-order valence-electron chi connectivity index (χ3n) is 0.336. The maximum absolute atomic E-state index is 10.6. The quantitative estimate of drug-likeness (QED) is 0.211. The van der Waals surface area contributed by atoms with E-state index in [4.69, 9.17) is 44.5 Å². The van der Waals surface area contributed by atoms with Crippen molar-refractivity contribution in [2.24, 2.45) is 0 Å². The summed E-state index contributed by atoms with van der Waals surface area (Å²) >= 11 is 0. The van der Waals surface area contributed by atoms with Gasteiger partial charge in [-0.3, -0.25) is 0 Å². The van der Waals surface area contributed by atoms with Crippen LogP contribution < -0.4 is 23.9 Å². The topological polar surface area (TPSA) is 172 Å². The Hall–Kier alpha value is -1.32. The molecular formula is C4H4BF2LiO9. The van der Waals surface area contributed by atoms with Gasteiger partial charge < -0.3 is 25.3 Å². The Kier molecular flexibility index (Phi) is 21.4. The zero-order valence-corrected chi connectivity index (χ0v) is 8.16. The molecular weight excluding hydrogens is 248 g/mol. The number of carbonyl (C=O) groups excluding carboxylic acids is 2. The number of carbonyl (C=O) groups is 4. The molecule has 4 N–H and O–H groups in total. The molecule has 9 nitrogen and oxygen atoms in total. The van der Waals surface area contributed by atoms with Crippen LogP contribution in [0.4, 0.5) is 8.78 Å². The Balaban J connectivity index is -0.0000000741. The van der Waals surface area contributed by atoms with Gasteiger partial charge in [-0.05, 0) is 0 Å². The summed E-state index contributed by atoms with van der Waals surface area (Å²) in [6, 6.07) is -4.65. The summed E-state index contributed by atoms with van der Waals surface area (Å²) in [5.74, 6) is -4.09. The van der Waals surface area contributed by atoms with Crippen LogP contribution in [-0.4, -0.2) is 51.6 Å². The standard InChI is InChI=1S/2C2HFO3.BH2O3.Li/c2*3-1(4)2(5)6;2-1(3)4;/h2*(H,5,6);2-3H;/q;;-1;+1. The van der Waals surface area contributed by atoms with Gasteiger partial charge in [0, 0.05) is 0 Å². The Labute approximate surface area is 104 Å². The van der Waals surface area contributed by atoms with Crippen LogP contribution in [0.1, 0.15) is 0 Å². The number of hydrogen-bond donors (Lipinski definition) is 4. The van der Waals surface area contributed by atoms with E-state index in [0.29, 0.717) is 0 Å². The van der Waals surface area contributed by atoms with E-state index in [9.17, 15) is 8.78 Å².